The second kappa shape index (κ2) is 8.33. The Bertz CT molecular complexity index is 812. The summed E-state index contributed by atoms with van der Waals surface area (Å²) in [6.07, 6.45) is 1.13. The first-order valence-electron chi connectivity index (χ1n) is 8.88. The van der Waals surface area contributed by atoms with Gasteiger partial charge in [-0.05, 0) is 36.8 Å². The topological polar surface area (TPSA) is 66.5 Å². The second-order valence-electron chi connectivity index (χ2n) is 6.44. The number of amides is 1. The number of piperidine rings is 1. The molecule has 2 aromatic rings. The number of nitrogens with zero attached hydrogens (tertiary/aromatic N) is 1. The largest absolute Gasteiger partial charge is 0.344 e. The van der Waals surface area contributed by atoms with E-state index in [0.29, 0.717) is 25.9 Å². The number of sulfonamides is 1. The lowest BCUT2D eigenvalue weighted by Gasteiger charge is -2.31. The lowest BCUT2D eigenvalue weighted by molar-refractivity contribution is -0.126. The summed E-state index contributed by atoms with van der Waals surface area (Å²) in [6.45, 7) is 2.49. The van der Waals surface area contributed by atoms with Crippen molar-refractivity contribution in [1.82, 2.24) is 9.62 Å². The molecule has 1 atom stereocenters. The number of carbonyl (C=O) groups excluding carboxylic acids is 1. The molecule has 0 spiro atoms. The number of nitrogens with one attached hydrogen (secondary N) is 1. The highest BCUT2D eigenvalue weighted by atomic mass is 32.2. The van der Waals surface area contributed by atoms with Crippen molar-refractivity contribution >= 4 is 27.3 Å². The summed E-state index contributed by atoms with van der Waals surface area (Å²) in [5.41, 5.74) is 1.05. The van der Waals surface area contributed by atoms with Gasteiger partial charge in [0, 0.05) is 23.9 Å². The lowest BCUT2D eigenvalue weighted by Crippen LogP contribution is -2.44. The Kier molecular flexibility index (Phi) is 6.11. The molecule has 1 fully saturated rings. The number of carbonyl (C=O) groups is 1. The highest BCUT2D eigenvalue weighted by molar-refractivity contribution is 7.89. The van der Waals surface area contributed by atoms with Crippen LogP contribution in [0.1, 0.15) is 36.2 Å². The normalized spacial score (nSPS) is 17.7. The first-order chi connectivity index (χ1) is 12.5. The van der Waals surface area contributed by atoms with E-state index in [1.165, 1.54) is 4.31 Å². The van der Waals surface area contributed by atoms with Gasteiger partial charge in [-0.2, -0.15) is 0 Å². The van der Waals surface area contributed by atoms with E-state index >= 15 is 0 Å². The molecular formula is C19H24N2O3S2. The van der Waals surface area contributed by atoms with E-state index in [9.17, 15) is 13.2 Å². The van der Waals surface area contributed by atoms with E-state index in [-0.39, 0.29) is 23.6 Å². The molecule has 7 heteroatoms. The van der Waals surface area contributed by atoms with Crippen LogP contribution in [-0.4, -0.2) is 37.5 Å². The van der Waals surface area contributed by atoms with Crippen LogP contribution in [0.25, 0.3) is 0 Å². The number of thiophene rings is 1. The highest BCUT2D eigenvalue weighted by Gasteiger charge is 2.31. The third-order valence-corrected chi connectivity index (χ3v) is 7.65. The van der Waals surface area contributed by atoms with Crippen LogP contribution < -0.4 is 5.32 Å². The fraction of sp³-hybridized carbons (Fsp3) is 0.421. The van der Waals surface area contributed by atoms with Crippen LogP contribution in [0.5, 0.6) is 0 Å². The quantitative estimate of drug-likeness (QED) is 0.822. The van der Waals surface area contributed by atoms with Gasteiger partial charge in [0.1, 0.15) is 0 Å². The summed E-state index contributed by atoms with van der Waals surface area (Å²) in [7, 11) is -3.17. The van der Waals surface area contributed by atoms with Gasteiger partial charge in [0.2, 0.25) is 15.9 Å². The minimum Gasteiger partial charge on any atom is -0.344 e. The summed E-state index contributed by atoms with van der Waals surface area (Å²) < 4.78 is 25.5. The summed E-state index contributed by atoms with van der Waals surface area (Å²) in [6, 6.07) is 13.8. The summed E-state index contributed by atoms with van der Waals surface area (Å²) >= 11 is 1.62. The van der Waals surface area contributed by atoms with E-state index < -0.39 is 10.0 Å². The van der Waals surface area contributed by atoms with Crippen molar-refractivity contribution in [1.29, 1.82) is 0 Å². The Morgan fingerprint density at radius 3 is 2.46 bits per heavy atom. The molecule has 1 N–H and O–H groups in total. The van der Waals surface area contributed by atoms with Crippen LogP contribution in [-0.2, 0) is 14.8 Å². The van der Waals surface area contributed by atoms with Crippen LogP contribution in [0.3, 0.4) is 0 Å². The van der Waals surface area contributed by atoms with Crippen molar-refractivity contribution < 1.29 is 13.2 Å². The first-order valence-corrected chi connectivity index (χ1v) is 11.4. The maximum Gasteiger partial charge on any atom is 0.223 e. The predicted octanol–water partition coefficient (Wildman–Crippen LogP) is 3.02. The molecule has 0 aliphatic carbocycles. The molecule has 0 unspecified atom stereocenters. The van der Waals surface area contributed by atoms with Crippen molar-refractivity contribution in [3.05, 3.63) is 58.3 Å². The van der Waals surface area contributed by atoms with Gasteiger partial charge in [-0.15, -0.1) is 11.3 Å². The Balaban J connectivity index is 1.68. The molecule has 2 heterocycles. The van der Waals surface area contributed by atoms with Gasteiger partial charge >= 0.3 is 0 Å². The van der Waals surface area contributed by atoms with Crippen LogP contribution in [0.4, 0.5) is 0 Å². The standard InChI is InChI=1S/C19H24N2O3S2/c1-2-26(23,24)21-12-10-16(11-13-21)19(22)20-18(17-9-6-14-25-17)15-7-4-3-5-8-15/h3-9,14,16,18H,2,10-13H2,1H3,(H,20,22)/t18-/m0/s1. The third-order valence-electron chi connectivity index (χ3n) is 4.83. The molecule has 1 aromatic heterocycles. The molecule has 140 valence electrons. The predicted molar refractivity (Wildman–Crippen MR) is 105 cm³/mol. The Morgan fingerprint density at radius 2 is 1.88 bits per heavy atom. The van der Waals surface area contributed by atoms with E-state index in [1.807, 2.05) is 47.8 Å². The molecule has 3 rings (SSSR count). The van der Waals surface area contributed by atoms with Gasteiger partial charge in [-0.3, -0.25) is 4.79 Å². The van der Waals surface area contributed by atoms with Crippen LogP contribution in [0, 0.1) is 5.92 Å². The zero-order valence-electron chi connectivity index (χ0n) is 14.8. The fourth-order valence-electron chi connectivity index (χ4n) is 3.26. The molecule has 1 aliphatic heterocycles. The van der Waals surface area contributed by atoms with Crippen LogP contribution >= 0.6 is 11.3 Å². The molecule has 1 aromatic carbocycles. The van der Waals surface area contributed by atoms with Gasteiger partial charge in [0.15, 0.2) is 0 Å². The van der Waals surface area contributed by atoms with Gasteiger partial charge < -0.3 is 5.32 Å². The molecule has 1 amide bonds. The molecule has 0 saturated carbocycles. The molecule has 5 nitrogen and oxygen atoms in total. The molecule has 1 saturated heterocycles. The Morgan fingerprint density at radius 1 is 1.19 bits per heavy atom. The van der Waals surface area contributed by atoms with Crippen molar-refractivity contribution in [2.24, 2.45) is 5.92 Å². The first kappa shape index (κ1) is 19.1. The minimum atomic E-state index is -3.17. The monoisotopic (exact) mass is 392 g/mol. The fourth-order valence-corrected chi connectivity index (χ4v) is 5.19. The molecule has 26 heavy (non-hydrogen) atoms. The van der Waals surface area contributed by atoms with E-state index in [1.54, 1.807) is 18.3 Å². The zero-order chi connectivity index (χ0) is 18.6. The zero-order valence-corrected chi connectivity index (χ0v) is 16.4. The molecule has 0 bridgehead atoms. The van der Waals surface area contributed by atoms with Crippen molar-refractivity contribution in [2.45, 2.75) is 25.8 Å². The second-order valence-corrected chi connectivity index (χ2v) is 9.68. The minimum absolute atomic E-state index is 0.000740. The van der Waals surface area contributed by atoms with Gasteiger partial charge in [-0.1, -0.05) is 36.4 Å². The summed E-state index contributed by atoms with van der Waals surface area (Å²) in [4.78, 5) is 13.9. The van der Waals surface area contributed by atoms with E-state index in [2.05, 4.69) is 5.32 Å². The molecule has 0 radical (unpaired) electrons. The Hall–Kier alpha value is -1.70. The highest BCUT2D eigenvalue weighted by Crippen LogP contribution is 2.28. The van der Waals surface area contributed by atoms with E-state index in [0.717, 1.165) is 10.4 Å². The average molecular weight is 393 g/mol. The molecule has 1 aliphatic rings. The number of benzene rings is 1. The SMILES string of the molecule is CCS(=O)(=O)N1CCC(C(=O)N[C@@H](c2ccccc2)c2cccs2)CC1. The smallest absolute Gasteiger partial charge is 0.223 e. The Labute approximate surface area is 159 Å². The summed E-state index contributed by atoms with van der Waals surface area (Å²) in [5, 5.41) is 5.18. The number of hydrogen-bond donors (Lipinski definition) is 1. The van der Waals surface area contributed by atoms with Crippen molar-refractivity contribution in [2.75, 3.05) is 18.8 Å². The average Bonchev–Trinajstić information content (AvgIpc) is 3.21. The van der Waals surface area contributed by atoms with Crippen molar-refractivity contribution in [3.8, 4) is 0 Å². The lowest BCUT2D eigenvalue weighted by atomic mass is 9.96. The maximum absolute atomic E-state index is 12.8. The number of rotatable bonds is 6. The number of hydrogen-bond acceptors (Lipinski definition) is 4. The van der Waals surface area contributed by atoms with E-state index in [4.69, 9.17) is 0 Å². The van der Waals surface area contributed by atoms with Gasteiger partial charge in [0.25, 0.3) is 0 Å². The van der Waals surface area contributed by atoms with Crippen LogP contribution in [0.15, 0.2) is 47.8 Å². The van der Waals surface area contributed by atoms with Gasteiger partial charge in [-0.25, -0.2) is 12.7 Å². The molecular weight excluding hydrogens is 368 g/mol. The third kappa shape index (κ3) is 4.34. The maximum atomic E-state index is 12.8. The van der Waals surface area contributed by atoms with Crippen molar-refractivity contribution in [3.63, 3.8) is 0 Å². The summed E-state index contributed by atoms with van der Waals surface area (Å²) in [5.74, 6) is -0.0384. The van der Waals surface area contributed by atoms with Gasteiger partial charge in [0.05, 0.1) is 11.8 Å². The van der Waals surface area contributed by atoms with Crippen LogP contribution in [0.2, 0.25) is 0 Å².